The van der Waals surface area contributed by atoms with E-state index in [4.69, 9.17) is 12.2 Å². The molecule has 3 heterocycles. The SMILES string of the molecule is Cn1c(=O)c2c(ncn2Cn2c(=S)sc3ccccc32)n(C)c1=O. The van der Waals surface area contributed by atoms with Gasteiger partial charge in [0.05, 0.1) is 16.5 Å². The van der Waals surface area contributed by atoms with Gasteiger partial charge < -0.3 is 9.13 Å². The first-order valence-corrected chi connectivity index (χ1v) is 8.40. The van der Waals surface area contributed by atoms with Crippen LogP contribution in [0.25, 0.3) is 21.4 Å². The minimum absolute atomic E-state index is 0.364. The van der Waals surface area contributed by atoms with Crippen LogP contribution in [-0.4, -0.2) is 23.3 Å². The first-order valence-electron chi connectivity index (χ1n) is 7.18. The summed E-state index contributed by atoms with van der Waals surface area (Å²) >= 11 is 6.99. The molecular formula is C15H13N5O2S2. The lowest BCUT2D eigenvalue weighted by atomic mass is 10.3. The highest BCUT2D eigenvalue weighted by molar-refractivity contribution is 7.73. The second kappa shape index (κ2) is 5.25. The summed E-state index contributed by atoms with van der Waals surface area (Å²) in [5.41, 5.74) is 1.01. The van der Waals surface area contributed by atoms with E-state index in [1.807, 2.05) is 28.8 Å². The molecule has 4 rings (SSSR count). The van der Waals surface area contributed by atoms with Crippen LogP contribution in [0.1, 0.15) is 0 Å². The molecule has 0 saturated heterocycles. The van der Waals surface area contributed by atoms with Crippen LogP contribution >= 0.6 is 23.6 Å². The molecule has 0 aliphatic rings. The van der Waals surface area contributed by atoms with Crippen molar-refractivity contribution in [1.82, 2.24) is 23.3 Å². The topological polar surface area (TPSA) is 66.8 Å². The molecule has 0 radical (unpaired) electrons. The van der Waals surface area contributed by atoms with Crippen LogP contribution in [0.15, 0.2) is 40.2 Å². The fourth-order valence-corrected chi connectivity index (χ4v) is 4.11. The largest absolute Gasteiger partial charge is 0.332 e. The van der Waals surface area contributed by atoms with Crippen LogP contribution in [0.2, 0.25) is 0 Å². The summed E-state index contributed by atoms with van der Waals surface area (Å²) < 4.78 is 7.96. The van der Waals surface area contributed by atoms with Crippen LogP contribution in [-0.2, 0) is 20.8 Å². The van der Waals surface area contributed by atoms with E-state index in [0.29, 0.717) is 17.8 Å². The zero-order valence-corrected chi connectivity index (χ0v) is 14.6. The average molecular weight is 359 g/mol. The fourth-order valence-electron chi connectivity index (χ4n) is 2.80. The van der Waals surface area contributed by atoms with Crippen molar-refractivity contribution in [3.8, 4) is 0 Å². The molecule has 0 N–H and O–H groups in total. The Kier molecular flexibility index (Phi) is 3.29. The van der Waals surface area contributed by atoms with Crippen LogP contribution in [0, 0.1) is 3.95 Å². The molecule has 7 nitrogen and oxygen atoms in total. The van der Waals surface area contributed by atoms with Crippen molar-refractivity contribution in [2.45, 2.75) is 6.67 Å². The second-order valence-corrected chi connectivity index (χ2v) is 7.17. The Bertz CT molecular complexity index is 1270. The number of rotatable bonds is 2. The minimum atomic E-state index is -0.393. The molecule has 0 spiro atoms. The van der Waals surface area contributed by atoms with Gasteiger partial charge in [-0.2, -0.15) is 0 Å². The molecule has 9 heteroatoms. The Hall–Kier alpha value is -2.52. The van der Waals surface area contributed by atoms with Crippen molar-refractivity contribution in [3.63, 3.8) is 0 Å². The third-order valence-corrected chi connectivity index (χ3v) is 5.52. The smallest absolute Gasteiger partial charge is 0.306 e. The zero-order chi connectivity index (χ0) is 17.0. The first kappa shape index (κ1) is 15.0. The summed E-state index contributed by atoms with van der Waals surface area (Å²) in [6.07, 6.45) is 1.57. The van der Waals surface area contributed by atoms with Crippen molar-refractivity contribution in [2.75, 3.05) is 0 Å². The molecule has 0 fully saturated rings. The predicted molar refractivity (Wildman–Crippen MR) is 96.3 cm³/mol. The molecule has 122 valence electrons. The van der Waals surface area contributed by atoms with Gasteiger partial charge in [0.15, 0.2) is 15.1 Å². The number of hydrogen-bond donors (Lipinski definition) is 0. The van der Waals surface area contributed by atoms with Gasteiger partial charge in [-0.25, -0.2) is 9.78 Å². The number of thiazole rings is 1. The number of benzene rings is 1. The van der Waals surface area contributed by atoms with E-state index in [0.717, 1.165) is 18.7 Å². The molecule has 1 aromatic carbocycles. The number of hydrogen-bond acceptors (Lipinski definition) is 5. The lowest BCUT2D eigenvalue weighted by molar-refractivity contribution is 0.631. The average Bonchev–Trinajstić information content (AvgIpc) is 3.13. The van der Waals surface area contributed by atoms with E-state index in [1.165, 1.54) is 23.0 Å². The molecule has 0 aliphatic heterocycles. The highest BCUT2D eigenvalue weighted by Gasteiger charge is 2.15. The van der Waals surface area contributed by atoms with Crippen LogP contribution < -0.4 is 11.2 Å². The Morgan fingerprint density at radius 2 is 1.92 bits per heavy atom. The summed E-state index contributed by atoms with van der Waals surface area (Å²) in [6, 6.07) is 7.93. The van der Waals surface area contributed by atoms with E-state index in [-0.39, 0.29) is 5.56 Å². The van der Waals surface area contributed by atoms with E-state index < -0.39 is 5.69 Å². The van der Waals surface area contributed by atoms with Crippen molar-refractivity contribution in [3.05, 3.63) is 55.4 Å². The maximum atomic E-state index is 12.5. The van der Waals surface area contributed by atoms with Gasteiger partial charge in [0, 0.05) is 14.1 Å². The van der Waals surface area contributed by atoms with Crippen molar-refractivity contribution < 1.29 is 0 Å². The normalized spacial score (nSPS) is 11.6. The van der Waals surface area contributed by atoms with Gasteiger partial charge in [-0.1, -0.05) is 12.1 Å². The lowest BCUT2D eigenvalue weighted by Gasteiger charge is -2.08. The van der Waals surface area contributed by atoms with Crippen molar-refractivity contribution in [2.24, 2.45) is 14.1 Å². The van der Waals surface area contributed by atoms with Gasteiger partial charge in [0.1, 0.15) is 6.67 Å². The standard InChI is InChI=1S/C15H13N5O2S2/c1-17-12-11(13(21)18(2)14(17)22)19(7-16-12)8-20-9-5-3-4-6-10(9)24-15(20)23/h3-7H,8H2,1-2H3. The molecule has 24 heavy (non-hydrogen) atoms. The highest BCUT2D eigenvalue weighted by atomic mass is 32.1. The first-order chi connectivity index (χ1) is 11.5. The van der Waals surface area contributed by atoms with Gasteiger partial charge in [-0.05, 0) is 24.4 Å². The lowest BCUT2D eigenvalue weighted by Crippen LogP contribution is -2.37. The van der Waals surface area contributed by atoms with E-state index in [9.17, 15) is 9.59 Å². The van der Waals surface area contributed by atoms with Crippen LogP contribution in [0.4, 0.5) is 0 Å². The summed E-state index contributed by atoms with van der Waals surface area (Å²) in [5.74, 6) is 0. The molecule has 4 aromatic rings. The summed E-state index contributed by atoms with van der Waals surface area (Å²) in [6.45, 7) is 0.368. The number of imidazole rings is 1. The third-order valence-electron chi connectivity index (χ3n) is 4.08. The summed E-state index contributed by atoms with van der Waals surface area (Å²) in [4.78, 5) is 28.8. The van der Waals surface area contributed by atoms with Crippen molar-refractivity contribution >= 4 is 44.9 Å². The fraction of sp³-hybridized carbons (Fsp3) is 0.200. The molecule has 0 atom stereocenters. The minimum Gasteiger partial charge on any atom is -0.306 e. The van der Waals surface area contributed by atoms with Crippen LogP contribution in [0.3, 0.4) is 0 Å². The molecule has 0 amide bonds. The predicted octanol–water partition coefficient (Wildman–Crippen LogP) is 1.69. The molecule has 0 bridgehead atoms. The number of para-hydroxylation sites is 1. The third kappa shape index (κ3) is 2.01. The van der Waals surface area contributed by atoms with Crippen LogP contribution in [0.5, 0.6) is 0 Å². The maximum absolute atomic E-state index is 12.5. The highest BCUT2D eigenvalue weighted by Crippen LogP contribution is 2.23. The number of fused-ring (bicyclic) bond motifs is 2. The van der Waals surface area contributed by atoms with E-state index >= 15 is 0 Å². The molecular weight excluding hydrogens is 346 g/mol. The number of aryl methyl sites for hydroxylation is 1. The Labute approximate surface area is 144 Å². The monoisotopic (exact) mass is 359 g/mol. The second-order valence-electron chi connectivity index (χ2n) is 5.50. The molecule has 0 saturated carbocycles. The van der Waals surface area contributed by atoms with Gasteiger partial charge in [-0.15, -0.1) is 11.3 Å². The van der Waals surface area contributed by atoms with Gasteiger partial charge in [0.25, 0.3) is 5.56 Å². The summed E-state index contributed by atoms with van der Waals surface area (Å²) in [5, 5.41) is 0. The Balaban J connectivity index is 1.98. The van der Waals surface area contributed by atoms with Gasteiger partial charge in [0.2, 0.25) is 0 Å². The zero-order valence-electron chi connectivity index (χ0n) is 13.0. The molecule has 0 unspecified atom stereocenters. The van der Waals surface area contributed by atoms with E-state index in [1.54, 1.807) is 17.9 Å². The number of aromatic nitrogens is 5. The van der Waals surface area contributed by atoms with Gasteiger partial charge in [-0.3, -0.25) is 13.9 Å². The number of nitrogens with zero attached hydrogens (tertiary/aromatic N) is 5. The van der Waals surface area contributed by atoms with E-state index in [2.05, 4.69) is 4.98 Å². The van der Waals surface area contributed by atoms with Gasteiger partial charge >= 0.3 is 5.69 Å². The summed E-state index contributed by atoms with van der Waals surface area (Å²) in [7, 11) is 3.07. The Morgan fingerprint density at radius 1 is 1.17 bits per heavy atom. The maximum Gasteiger partial charge on any atom is 0.332 e. The quantitative estimate of drug-likeness (QED) is 0.511. The molecule has 3 aromatic heterocycles. The van der Waals surface area contributed by atoms with Crippen molar-refractivity contribution in [1.29, 1.82) is 0 Å². The Morgan fingerprint density at radius 3 is 2.71 bits per heavy atom. The molecule has 0 aliphatic carbocycles.